The Morgan fingerprint density at radius 1 is 1.33 bits per heavy atom. The molecule has 0 bridgehead atoms. The maximum absolute atomic E-state index is 12.3. The highest BCUT2D eigenvalue weighted by Gasteiger charge is 2.18. The van der Waals surface area contributed by atoms with Crippen LogP contribution in [0.5, 0.6) is 11.5 Å². The van der Waals surface area contributed by atoms with Gasteiger partial charge in [0.2, 0.25) is 5.91 Å². The van der Waals surface area contributed by atoms with Crippen LogP contribution < -0.4 is 20.5 Å². The van der Waals surface area contributed by atoms with Crippen LogP contribution in [0.3, 0.4) is 0 Å². The average Bonchev–Trinajstić information content (AvgIpc) is 2.87. The van der Waals surface area contributed by atoms with Gasteiger partial charge in [-0.3, -0.25) is 9.59 Å². The highest BCUT2D eigenvalue weighted by Crippen LogP contribution is 2.37. The van der Waals surface area contributed by atoms with Gasteiger partial charge in [-0.25, -0.2) is 0 Å². The molecule has 1 aromatic carbocycles. The molecular weight excluding hydrogens is 388 g/mol. The number of rotatable bonds is 7. The molecule has 27 heavy (non-hydrogen) atoms. The van der Waals surface area contributed by atoms with E-state index in [1.807, 2.05) is 13.8 Å². The summed E-state index contributed by atoms with van der Waals surface area (Å²) in [5.74, 6) is -0.0214. The largest absolute Gasteiger partial charge is 0.491 e. The number of amides is 2. The van der Waals surface area contributed by atoms with E-state index < -0.39 is 5.91 Å². The van der Waals surface area contributed by atoms with Gasteiger partial charge >= 0.3 is 0 Å². The second-order valence-corrected chi connectivity index (χ2v) is 7.27. The maximum Gasteiger partial charge on any atom is 0.251 e. The lowest BCUT2D eigenvalue weighted by molar-refractivity contribution is -0.111. The van der Waals surface area contributed by atoms with Crippen LogP contribution in [0.15, 0.2) is 18.2 Å². The van der Waals surface area contributed by atoms with Gasteiger partial charge in [-0.05, 0) is 50.1 Å². The molecule has 6 nitrogen and oxygen atoms in total. The summed E-state index contributed by atoms with van der Waals surface area (Å²) in [6, 6.07) is 3.40. The van der Waals surface area contributed by atoms with Crippen molar-refractivity contribution in [1.29, 1.82) is 0 Å². The molecule has 1 aromatic heterocycles. The molecule has 0 unspecified atom stereocenters. The third kappa shape index (κ3) is 4.81. The number of nitrogens with one attached hydrogen (secondary N) is 1. The topological polar surface area (TPSA) is 90.6 Å². The highest BCUT2D eigenvalue weighted by atomic mass is 35.5. The average molecular weight is 409 g/mol. The van der Waals surface area contributed by atoms with Crippen LogP contribution in [0.2, 0.25) is 5.02 Å². The summed E-state index contributed by atoms with van der Waals surface area (Å²) in [5.41, 5.74) is 7.20. The van der Waals surface area contributed by atoms with Gasteiger partial charge in [-0.1, -0.05) is 11.6 Å². The van der Waals surface area contributed by atoms with Gasteiger partial charge in [0.15, 0.2) is 11.5 Å². The molecular formula is C19H21ClN2O4S. The van der Waals surface area contributed by atoms with Gasteiger partial charge in [-0.2, -0.15) is 0 Å². The summed E-state index contributed by atoms with van der Waals surface area (Å²) >= 11 is 7.51. The van der Waals surface area contributed by atoms with Crippen molar-refractivity contribution in [1.82, 2.24) is 0 Å². The van der Waals surface area contributed by atoms with E-state index in [0.29, 0.717) is 39.3 Å². The van der Waals surface area contributed by atoms with Crippen molar-refractivity contribution in [2.75, 3.05) is 19.0 Å². The van der Waals surface area contributed by atoms with E-state index in [-0.39, 0.29) is 5.91 Å². The van der Waals surface area contributed by atoms with E-state index >= 15 is 0 Å². The van der Waals surface area contributed by atoms with Crippen LogP contribution in [0.25, 0.3) is 6.08 Å². The zero-order chi connectivity index (χ0) is 20.1. The Morgan fingerprint density at radius 2 is 2.04 bits per heavy atom. The van der Waals surface area contributed by atoms with Crippen LogP contribution >= 0.6 is 22.9 Å². The summed E-state index contributed by atoms with van der Waals surface area (Å²) in [4.78, 5) is 24.8. The minimum Gasteiger partial charge on any atom is -0.491 e. The first-order chi connectivity index (χ1) is 12.8. The molecule has 0 atom stereocenters. The molecule has 0 fully saturated rings. The van der Waals surface area contributed by atoms with Gasteiger partial charge in [0.1, 0.15) is 5.00 Å². The van der Waals surface area contributed by atoms with Gasteiger partial charge in [0.05, 0.1) is 24.3 Å². The summed E-state index contributed by atoms with van der Waals surface area (Å²) in [5, 5.41) is 3.52. The number of methoxy groups -OCH3 is 1. The van der Waals surface area contributed by atoms with Gasteiger partial charge < -0.3 is 20.5 Å². The standard InChI is InChI=1S/C19H21ClN2O4S/c1-5-26-14-9-12(8-13(20)17(14)25-4)6-7-15(23)22-19-16(18(21)24)10(2)11(3)27-19/h6-9H,5H2,1-4H3,(H2,21,24)(H,22,23)/b7-6+. The molecule has 0 spiro atoms. The molecule has 1 heterocycles. The van der Waals surface area contributed by atoms with Crippen molar-refractivity contribution in [3.8, 4) is 11.5 Å². The van der Waals surface area contributed by atoms with Crippen molar-refractivity contribution in [2.24, 2.45) is 5.73 Å². The Bertz CT molecular complexity index is 906. The monoisotopic (exact) mass is 408 g/mol. The summed E-state index contributed by atoms with van der Waals surface area (Å²) in [6.45, 7) is 5.97. The second-order valence-electron chi connectivity index (χ2n) is 5.64. The van der Waals surface area contributed by atoms with Crippen LogP contribution in [0.4, 0.5) is 5.00 Å². The van der Waals surface area contributed by atoms with Gasteiger partial charge in [0, 0.05) is 11.0 Å². The molecule has 2 rings (SSSR count). The normalized spacial score (nSPS) is 10.9. The van der Waals surface area contributed by atoms with Crippen molar-refractivity contribution >= 4 is 45.8 Å². The molecule has 3 N–H and O–H groups in total. The zero-order valence-corrected chi connectivity index (χ0v) is 17.1. The number of hydrogen-bond donors (Lipinski definition) is 2. The van der Waals surface area contributed by atoms with Crippen LogP contribution in [0.1, 0.15) is 33.3 Å². The van der Waals surface area contributed by atoms with E-state index in [1.165, 1.54) is 24.5 Å². The molecule has 0 radical (unpaired) electrons. The lowest BCUT2D eigenvalue weighted by Gasteiger charge is -2.11. The van der Waals surface area contributed by atoms with Crippen LogP contribution in [0, 0.1) is 13.8 Å². The molecule has 0 aliphatic heterocycles. The minimum absolute atomic E-state index is 0.338. The number of hydrogen-bond acceptors (Lipinski definition) is 5. The smallest absolute Gasteiger partial charge is 0.251 e. The third-order valence-corrected chi connectivity index (χ3v) is 5.23. The predicted octanol–water partition coefficient (Wildman–Crippen LogP) is 4.18. The van der Waals surface area contributed by atoms with Crippen LogP contribution in [-0.4, -0.2) is 25.5 Å². The number of benzene rings is 1. The Labute approximate surface area is 166 Å². The Kier molecular flexibility index (Phi) is 6.87. The zero-order valence-electron chi connectivity index (χ0n) is 15.5. The second kappa shape index (κ2) is 8.92. The van der Waals surface area contributed by atoms with Crippen molar-refractivity contribution in [3.63, 3.8) is 0 Å². The minimum atomic E-state index is -0.570. The van der Waals surface area contributed by atoms with Gasteiger partial charge in [0.25, 0.3) is 5.91 Å². The van der Waals surface area contributed by atoms with Gasteiger partial charge in [-0.15, -0.1) is 11.3 Å². The number of nitrogens with two attached hydrogens (primary N) is 1. The quantitative estimate of drug-likeness (QED) is 0.672. The van der Waals surface area contributed by atoms with Crippen LogP contribution in [-0.2, 0) is 4.79 Å². The number of anilines is 1. The summed E-state index contributed by atoms with van der Waals surface area (Å²) in [7, 11) is 1.51. The first kappa shape index (κ1) is 20.8. The number of halogens is 1. The van der Waals surface area contributed by atoms with E-state index in [2.05, 4.69) is 5.32 Å². The Morgan fingerprint density at radius 3 is 2.63 bits per heavy atom. The number of ether oxygens (including phenoxy) is 2. The molecule has 0 saturated carbocycles. The Hall–Kier alpha value is -2.51. The maximum atomic E-state index is 12.3. The fourth-order valence-electron chi connectivity index (χ4n) is 2.48. The number of carbonyl (C=O) groups excluding carboxylic acids is 2. The molecule has 2 amide bonds. The molecule has 8 heteroatoms. The predicted molar refractivity (Wildman–Crippen MR) is 109 cm³/mol. The molecule has 2 aromatic rings. The number of aryl methyl sites for hydroxylation is 1. The lowest BCUT2D eigenvalue weighted by Crippen LogP contribution is -2.16. The van der Waals surface area contributed by atoms with Crippen molar-refractivity contribution in [2.45, 2.75) is 20.8 Å². The SMILES string of the molecule is CCOc1cc(/C=C/C(=O)Nc2sc(C)c(C)c2C(N)=O)cc(Cl)c1OC. The summed E-state index contributed by atoms with van der Waals surface area (Å²) in [6.07, 6.45) is 2.95. The Balaban J connectivity index is 2.23. The third-order valence-electron chi connectivity index (χ3n) is 3.83. The molecule has 0 saturated heterocycles. The number of thiophene rings is 1. The molecule has 144 valence electrons. The first-order valence-corrected chi connectivity index (χ1v) is 9.37. The number of carbonyl (C=O) groups is 2. The molecule has 0 aliphatic carbocycles. The van der Waals surface area contributed by atoms with E-state index in [9.17, 15) is 9.59 Å². The first-order valence-electron chi connectivity index (χ1n) is 8.17. The van der Waals surface area contributed by atoms with Crippen molar-refractivity contribution in [3.05, 3.63) is 44.8 Å². The van der Waals surface area contributed by atoms with E-state index in [4.69, 9.17) is 26.8 Å². The van der Waals surface area contributed by atoms with E-state index in [0.717, 1.165) is 10.4 Å². The summed E-state index contributed by atoms with van der Waals surface area (Å²) < 4.78 is 10.8. The number of primary amides is 1. The highest BCUT2D eigenvalue weighted by molar-refractivity contribution is 7.16. The fourth-order valence-corrected chi connectivity index (χ4v) is 3.85. The van der Waals surface area contributed by atoms with Crippen molar-refractivity contribution < 1.29 is 19.1 Å². The lowest BCUT2D eigenvalue weighted by atomic mass is 10.1. The fraction of sp³-hybridized carbons (Fsp3) is 0.263. The molecule has 0 aliphatic rings. The van der Waals surface area contributed by atoms with E-state index in [1.54, 1.807) is 25.1 Å².